The van der Waals surface area contributed by atoms with Crippen LogP contribution in [0.4, 0.5) is 5.13 Å². The molecule has 0 spiro atoms. The van der Waals surface area contributed by atoms with Crippen molar-refractivity contribution in [2.75, 3.05) is 19.5 Å². The first-order valence-electron chi connectivity index (χ1n) is 8.24. The number of nitrogens with zero attached hydrogens (tertiary/aromatic N) is 1. The molecular weight excluding hydrogens is 384 g/mol. The highest BCUT2D eigenvalue weighted by Gasteiger charge is 2.13. The number of carbonyl (C=O) groups is 1. The molecule has 2 aromatic carbocycles. The van der Waals surface area contributed by atoms with Gasteiger partial charge in [0.15, 0.2) is 16.6 Å². The molecule has 5 nitrogen and oxygen atoms in total. The first kappa shape index (κ1) is 19.2. The van der Waals surface area contributed by atoms with Crippen molar-refractivity contribution in [1.29, 1.82) is 0 Å². The Hall–Kier alpha value is -2.57. The summed E-state index contributed by atoms with van der Waals surface area (Å²) >= 11 is 7.79. The highest BCUT2D eigenvalue weighted by atomic mass is 35.5. The minimum absolute atomic E-state index is 0.259. The fourth-order valence-corrected chi connectivity index (χ4v) is 3.65. The van der Waals surface area contributed by atoms with Crippen molar-refractivity contribution in [3.05, 3.63) is 69.2 Å². The lowest BCUT2D eigenvalue weighted by molar-refractivity contribution is 0.102. The number of amides is 1. The number of benzene rings is 2. The molecule has 140 valence electrons. The summed E-state index contributed by atoms with van der Waals surface area (Å²) in [5.41, 5.74) is 2.55. The van der Waals surface area contributed by atoms with Gasteiger partial charge in [-0.15, -0.1) is 11.3 Å². The van der Waals surface area contributed by atoms with E-state index in [9.17, 15) is 4.79 Å². The number of halogens is 1. The monoisotopic (exact) mass is 402 g/mol. The Kier molecular flexibility index (Phi) is 5.98. The summed E-state index contributed by atoms with van der Waals surface area (Å²) < 4.78 is 10.4. The highest BCUT2D eigenvalue weighted by Crippen LogP contribution is 2.29. The minimum atomic E-state index is -0.259. The Morgan fingerprint density at radius 3 is 2.70 bits per heavy atom. The number of rotatable bonds is 6. The van der Waals surface area contributed by atoms with E-state index < -0.39 is 0 Å². The number of anilines is 1. The summed E-state index contributed by atoms with van der Waals surface area (Å²) in [6, 6.07) is 11.0. The molecule has 1 N–H and O–H groups in total. The smallest absolute Gasteiger partial charge is 0.257 e. The molecule has 0 aliphatic heterocycles. The van der Waals surface area contributed by atoms with Crippen molar-refractivity contribution in [2.24, 2.45) is 0 Å². The Labute approximate surface area is 166 Å². The highest BCUT2D eigenvalue weighted by molar-refractivity contribution is 7.15. The van der Waals surface area contributed by atoms with E-state index in [0.29, 0.717) is 28.6 Å². The van der Waals surface area contributed by atoms with Crippen LogP contribution in [-0.2, 0) is 6.42 Å². The summed E-state index contributed by atoms with van der Waals surface area (Å²) in [5.74, 6) is 0.810. The largest absolute Gasteiger partial charge is 0.493 e. The third-order valence-corrected chi connectivity index (χ3v) is 5.51. The van der Waals surface area contributed by atoms with Gasteiger partial charge >= 0.3 is 0 Å². The Bertz CT molecular complexity index is 972. The van der Waals surface area contributed by atoms with E-state index in [-0.39, 0.29) is 5.91 Å². The van der Waals surface area contributed by atoms with Gasteiger partial charge in [-0.25, -0.2) is 4.98 Å². The number of aromatic nitrogens is 1. The van der Waals surface area contributed by atoms with Crippen molar-refractivity contribution in [3.8, 4) is 11.5 Å². The Morgan fingerprint density at radius 2 is 1.96 bits per heavy atom. The van der Waals surface area contributed by atoms with E-state index in [0.717, 1.165) is 21.0 Å². The summed E-state index contributed by atoms with van der Waals surface area (Å²) in [6.07, 6.45) is 2.43. The zero-order valence-corrected chi connectivity index (χ0v) is 16.8. The number of nitrogens with one attached hydrogen (secondary N) is 1. The van der Waals surface area contributed by atoms with Gasteiger partial charge in [-0.05, 0) is 36.2 Å². The van der Waals surface area contributed by atoms with Gasteiger partial charge in [-0.3, -0.25) is 10.1 Å². The van der Waals surface area contributed by atoms with Gasteiger partial charge in [-0.2, -0.15) is 0 Å². The van der Waals surface area contributed by atoms with Crippen molar-refractivity contribution < 1.29 is 14.3 Å². The summed E-state index contributed by atoms with van der Waals surface area (Å²) in [6.45, 7) is 1.98. The van der Waals surface area contributed by atoms with Crippen LogP contribution in [0.5, 0.6) is 11.5 Å². The summed E-state index contributed by atoms with van der Waals surface area (Å²) in [4.78, 5) is 17.8. The third kappa shape index (κ3) is 4.40. The molecule has 0 fully saturated rings. The maximum atomic E-state index is 12.5. The maximum Gasteiger partial charge on any atom is 0.257 e. The second-order valence-electron chi connectivity index (χ2n) is 5.88. The Morgan fingerprint density at radius 1 is 1.19 bits per heavy atom. The van der Waals surface area contributed by atoms with Gasteiger partial charge in [0.25, 0.3) is 5.91 Å². The molecule has 0 saturated heterocycles. The lowest BCUT2D eigenvalue weighted by atomic mass is 10.1. The van der Waals surface area contributed by atoms with Crippen LogP contribution < -0.4 is 14.8 Å². The normalized spacial score (nSPS) is 10.5. The zero-order chi connectivity index (χ0) is 19.4. The van der Waals surface area contributed by atoms with E-state index in [4.69, 9.17) is 21.1 Å². The van der Waals surface area contributed by atoms with Crippen molar-refractivity contribution in [2.45, 2.75) is 13.3 Å². The summed E-state index contributed by atoms with van der Waals surface area (Å²) in [7, 11) is 3.08. The number of ether oxygens (including phenoxy) is 2. The molecule has 3 aromatic rings. The first-order chi connectivity index (χ1) is 13.0. The van der Waals surface area contributed by atoms with Gasteiger partial charge in [-0.1, -0.05) is 29.8 Å². The molecule has 1 aromatic heterocycles. The summed E-state index contributed by atoms with van der Waals surface area (Å²) in [5, 5.41) is 4.12. The molecule has 0 bridgehead atoms. The molecule has 0 saturated carbocycles. The van der Waals surface area contributed by atoms with E-state index in [1.54, 1.807) is 31.5 Å². The van der Waals surface area contributed by atoms with Gasteiger partial charge in [0.05, 0.1) is 14.2 Å². The molecule has 0 aliphatic rings. The molecule has 0 aliphatic carbocycles. The van der Waals surface area contributed by atoms with Gasteiger partial charge in [0.1, 0.15) is 0 Å². The number of hydrogen-bond acceptors (Lipinski definition) is 5. The van der Waals surface area contributed by atoms with Crippen LogP contribution in [0.15, 0.2) is 42.6 Å². The average molecular weight is 403 g/mol. The molecule has 1 heterocycles. The van der Waals surface area contributed by atoms with E-state index >= 15 is 0 Å². The lowest BCUT2D eigenvalue weighted by Gasteiger charge is -2.09. The van der Waals surface area contributed by atoms with E-state index in [1.165, 1.54) is 18.4 Å². The average Bonchev–Trinajstić information content (AvgIpc) is 3.11. The van der Waals surface area contributed by atoms with E-state index in [1.807, 2.05) is 25.1 Å². The van der Waals surface area contributed by atoms with Gasteiger partial charge in [0.2, 0.25) is 0 Å². The van der Waals surface area contributed by atoms with Crippen LogP contribution in [-0.4, -0.2) is 25.1 Å². The molecular formula is C20H19ClN2O3S. The molecule has 1 amide bonds. The van der Waals surface area contributed by atoms with Gasteiger partial charge in [0, 0.05) is 28.1 Å². The topological polar surface area (TPSA) is 60.5 Å². The van der Waals surface area contributed by atoms with Crippen LogP contribution in [0.1, 0.15) is 26.4 Å². The molecule has 0 unspecified atom stereocenters. The quantitative estimate of drug-likeness (QED) is 0.632. The SMILES string of the molecule is COc1ccc(C(=O)Nc2ncc(Cc3cccc(C)c3Cl)s2)cc1OC. The fraction of sp³-hybridized carbons (Fsp3) is 0.200. The molecule has 3 rings (SSSR count). The number of methoxy groups -OCH3 is 2. The van der Waals surface area contributed by atoms with Crippen LogP contribution in [0.25, 0.3) is 0 Å². The molecule has 0 radical (unpaired) electrons. The molecule has 27 heavy (non-hydrogen) atoms. The molecule has 7 heteroatoms. The fourth-order valence-electron chi connectivity index (χ4n) is 2.63. The number of hydrogen-bond donors (Lipinski definition) is 1. The minimum Gasteiger partial charge on any atom is -0.493 e. The van der Waals surface area contributed by atoms with Crippen LogP contribution in [0.3, 0.4) is 0 Å². The predicted molar refractivity (Wildman–Crippen MR) is 109 cm³/mol. The maximum absolute atomic E-state index is 12.5. The van der Waals surface area contributed by atoms with Crippen molar-refractivity contribution in [3.63, 3.8) is 0 Å². The Balaban J connectivity index is 1.72. The zero-order valence-electron chi connectivity index (χ0n) is 15.2. The predicted octanol–water partition coefficient (Wildman–Crippen LogP) is 4.97. The third-order valence-electron chi connectivity index (χ3n) is 4.06. The van der Waals surface area contributed by atoms with Crippen molar-refractivity contribution >= 4 is 34.0 Å². The molecule has 0 atom stereocenters. The lowest BCUT2D eigenvalue weighted by Crippen LogP contribution is -2.11. The van der Waals surface area contributed by atoms with E-state index in [2.05, 4.69) is 10.3 Å². The number of carbonyl (C=O) groups excluding carboxylic acids is 1. The number of aryl methyl sites for hydroxylation is 1. The second kappa shape index (κ2) is 8.41. The van der Waals surface area contributed by atoms with Crippen LogP contribution in [0.2, 0.25) is 5.02 Å². The standard InChI is InChI=1S/C20H19ClN2O3S/c1-12-5-4-6-13(18(12)21)9-15-11-22-20(27-15)23-19(24)14-7-8-16(25-2)17(10-14)26-3/h4-8,10-11H,9H2,1-3H3,(H,22,23,24). The van der Waals surface area contributed by atoms with Crippen LogP contribution in [0, 0.1) is 6.92 Å². The second-order valence-corrected chi connectivity index (χ2v) is 7.37. The van der Waals surface area contributed by atoms with Crippen molar-refractivity contribution in [1.82, 2.24) is 4.98 Å². The van der Waals surface area contributed by atoms with Crippen LogP contribution >= 0.6 is 22.9 Å². The first-order valence-corrected chi connectivity index (χ1v) is 9.43. The number of thiazole rings is 1. The van der Waals surface area contributed by atoms with Gasteiger partial charge < -0.3 is 9.47 Å².